The van der Waals surface area contributed by atoms with Gasteiger partial charge in [0.25, 0.3) is 0 Å². The van der Waals surface area contributed by atoms with Crippen molar-refractivity contribution in [3.63, 3.8) is 0 Å². The number of rotatable bonds is 4. The topological polar surface area (TPSA) is 37.8 Å². The van der Waals surface area contributed by atoms with Gasteiger partial charge in [0.2, 0.25) is 0 Å². The Kier molecular flexibility index (Phi) is 4.68. The Balaban J connectivity index is 2.36. The molecule has 1 N–H and O–H groups in total. The second-order valence-electron chi connectivity index (χ2n) is 4.28. The van der Waals surface area contributed by atoms with Crippen LogP contribution in [0.3, 0.4) is 0 Å². The maximum atomic E-state index is 13.3. The van der Waals surface area contributed by atoms with E-state index in [0.717, 1.165) is 27.9 Å². The maximum absolute atomic E-state index is 13.3. The molecule has 0 saturated heterocycles. The molecule has 0 fully saturated rings. The Bertz CT molecular complexity index is 587. The van der Waals surface area contributed by atoms with Crippen LogP contribution in [0.5, 0.6) is 0 Å². The van der Waals surface area contributed by atoms with Crippen molar-refractivity contribution in [2.24, 2.45) is 0 Å². The minimum Gasteiger partial charge on any atom is -0.369 e. The molecule has 2 rings (SSSR count). The maximum Gasteiger partial charge on any atom is 0.161 e. The second kappa shape index (κ2) is 6.27. The third-order valence-electron chi connectivity index (χ3n) is 2.70. The Morgan fingerprint density at radius 1 is 1.37 bits per heavy atom. The van der Waals surface area contributed by atoms with E-state index < -0.39 is 0 Å². The van der Waals surface area contributed by atoms with Gasteiger partial charge in [-0.2, -0.15) is 0 Å². The molecular weight excluding hydrogens is 356 g/mol. The number of nitrogens with zero attached hydrogens (tertiary/aromatic N) is 2. The van der Waals surface area contributed by atoms with E-state index in [4.69, 9.17) is 0 Å². The fourth-order valence-corrected chi connectivity index (χ4v) is 2.11. The van der Waals surface area contributed by atoms with Crippen molar-refractivity contribution >= 4 is 28.4 Å². The predicted molar refractivity (Wildman–Crippen MR) is 83.7 cm³/mol. The van der Waals surface area contributed by atoms with Crippen molar-refractivity contribution in [2.75, 3.05) is 11.9 Å². The molecule has 19 heavy (non-hydrogen) atoms. The highest BCUT2D eigenvalue weighted by molar-refractivity contribution is 14.1. The SMILES string of the molecule is CCCNc1nc(-c2ccc(F)c(C)c2)ncc1I. The molecule has 5 heteroatoms. The number of hydrogen-bond donors (Lipinski definition) is 1. The van der Waals surface area contributed by atoms with Gasteiger partial charge in [-0.05, 0) is 59.7 Å². The fourth-order valence-electron chi connectivity index (χ4n) is 1.66. The highest BCUT2D eigenvalue weighted by Gasteiger charge is 2.08. The molecule has 0 saturated carbocycles. The van der Waals surface area contributed by atoms with Crippen LogP contribution in [-0.2, 0) is 0 Å². The van der Waals surface area contributed by atoms with Gasteiger partial charge in [-0.25, -0.2) is 14.4 Å². The summed E-state index contributed by atoms with van der Waals surface area (Å²) in [4.78, 5) is 8.81. The Morgan fingerprint density at radius 2 is 2.16 bits per heavy atom. The van der Waals surface area contributed by atoms with Gasteiger partial charge in [0.15, 0.2) is 5.82 Å². The molecule has 0 bridgehead atoms. The van der Waals surface area contributed by atoms with Gasteiger partial charge in [0.1, 0.15) is 11.6 Å². The van der Waals surface area contributed by atoms with E-state index in [-0.39, 0.29) is 5.82 Å². The summed E-state index contributed by atoms with van der Waals surface area (Å²) in [6.45, 7) is 4.71. The third-order valence-corrected chi connectivity index (χ3v) is 3.49. The van der Waals surface area contributed by atoms with Crippen LogP contribution in [0.25, 0.3) is 11.4 Å². The lowest BCUT2D eigenvalue weighted by molar-refractivity contribution is 0.618. The van der Waals surface area contributed by atoms with Crippen molar-refractivity contribution in [3.8, 4) is 11.4 Å². The van der Waals surface area contributed by atoms with E-state index in [2.05, 4.69) is 44.8 Å². The smallest absolute Gasteiger partial charge is 0.161 e. The summed E-state index contributed by atoms with van der Waals surface area (Å²) in [6.07, 6.45) is 2.81. The molecule has 0 atom stereocenters. The Labute approximate surface area is 125 Å². The van der Waals surface area contributed by atoms with Crippen LogP contribution >= 0.6 is 22.6 Å². The van der Waals surface area contributed by atoms with Crippen LogP contribution in [0.2, 0.25) is 0 Å². The number of halogens is 2. The largest absolute Gasteiger partial charge is 0.369 e. The predicted octanol–water partition coefficient (Wildman–Crippen LogP) is 4.02. The van der Waals surface area contributed by atoms with Crippen LogP contribution in [0.15, 0.2) is 24.4 Å². The number of nitrogens with one attached hydrogen (secondary N) is 1. The normalized spacial score (nSPS) is 10.5. The standard InChI is InChI=1S/C14H15FIN3/c1-3-6-17-14-12(16)8-18-13(19-14)10-4-5-11(15)9(2)7-10/h4-5,7-8H,3,6H2,1-2H3,(H,17,18,19). The van der Waals surface area contributed by atoms with Gasteiger partial charge < -0.3 is 5.32 Å². The van der Waals surface area contributed by atoms with Gasteiger partial charge in [-0.1, -0.05) is 6.92 Å². The zero-order chi connectivity index (χ0) is 13.8. The molecule has 1 heterocycles. The summed E-state index contributed by atoms with van der Waals surface area (Å²) in [5.74, 6) is 1.23. The van der Waals surface area contributed by atoms with Crippen LogP contribution < -0.4 is 5.32 Å². The molecule has 0 unspecified atom stereocenters. The lowest BCUT2D eigenvalue weighted by Gasteiger charge is -2.08. The molecule has 0 radical (unpaired) electrons. The minimum atomic E-state index is -0.210. The zero-order valence-corrected chi connectivity index (χ0v) is 13.0. The van der Waals surface area contributed by atoms with Gasteiger partial charge in [0.05, 0.1) is 3.57 Å². The molecule has 100 valence electrons. The molecule has 0 amide bonds. The van der Waals surface area contributed by atoms with E-state index in [1.54, 1.807) is 25.3 Å². The first-order chi connectivity index (χ1) is 9.11. The van der Waals surface area contributed by atoms with Crippen LogP contribution in [-0.4, -0.2) is 16.5 Å². The summed E-state index contributed by atoms with van der Waals surface area (Å²) >= 11 is 2.20. The first-order valence-corrected chi connectivity index (χ1v) is 7.22. The summed E-state index contributed by atoms with van der Waals surface area (Å²) in [7, 11) is 0. The van der Waals surface area contributed by atoms with E-state index >= 15 is 0 Å². The van der Waals surface area contributed by atoms with Crippen LogP contribution in [0.1, 0.15) is 18.9 Å². The molecular formula is C14H15FIN3. The van der Waals surface area contributed by atoms with E-state index in [0.29, 0.717) is 11.4 Å². The number of aryl methyl sites for hydroxylation is 1. The van der Waals surface area contributed by atoms with E-state index in [9.17, 15) is 4.39 Å². The summed E-state index contributed by atoms with van der Waals surface area (Å²) < 4.78 is 14.3. The van der Waals surface area contributed by atoms with Gasteiger partial charge in [-0.3, -0.25) is 0 Å². The number of benzene rings is 1. The van der Waals surface area contributed by atoms with Gasteiger partial charge in [0, 0.05) is 18.3 Å². The zero-order valence-electron chi connectivity index (χ0n) is 10.9. The highest BCUT2D eigenvalue weighted by atomic mass is 127. The van der Waals surface area contributed by atoms with Crippen molar-refractivity contribution < 1.29 is 4.39 Å². The lowest BCUT2D eigenvalue weighted by Crippen LogP contribution is -2.05. The highest BCUT2D eigenvalue weighted by Crippen LogP contribution is 2.22. The minimum absolute atomic E-state index is 0.210. The summed E-state index contributed by atoms with van der Waals surface area (Å²) in [5, 5.41) is 3.27. The monoisotopic (exact) mass is 371 g/mol. The molecule has 0 spiro atoms. The first-order valence-electron chi connectivity index (χ1n) is 6.14. The lowest BCUT2D eigenvalue weighted by atomic mass is 10.1. The second-order valence-corrected chi connectivity index (χ2v) is 5.44. The van der Waals surface area contributed by atoms with Gasteiger partial charge in [-0.15, -0.1) is 0 Å². The summed E-state index contributed by atoms with van der Waals surface area (Å²) in [6, 6.07) is 4.92. The van der Waals surface area contributed by atoms with Crippen LogP contribution in [0, 0.1) is 16.3 Å². The average molecular weight is 371 g/mol. The quantitative estimate of drug-likeness (QED) is 0.826. The van der Waals surface area contributed by atoms with Crippen molar-refractivity contribution in [3.05, 3.63) is 39.3 Å². The molecule has 0 aliphatic carbocycles. The molecule has 1 aromatic heterocycles. The van der Waals surface area contributed by atoms with E-state index in [1.807, 2.05) is 0 Å². The number of aromatic nitrogens is 2. The summed E-state index contributed by atoms with van der Waals surface area (Å²) in [5.41, 5.74) is 1.43. The molecule has 0 aliphatic rings. The number of anilines is 1. The number of hydrogen-bond acceptors (Lipinski definition) is 3. The average Bonchev–Trinajstić information content (AvgIpc) is 2.41. The van der Waals surface area contributed by atoms with Crippen molar-refractivity contribution in [1.82, 2.24) is 9.97 Å². The van der Waals surface area contributed by atoms with Crippen molar-refractivity contribution in [1.29, 1.82) is 0 Å². The molecule has 2 aromatic rings. The van der Waals surface area contributed by atoms with Crippen LogP contribution in [0.4, 0.5) is 10.2 Å². The van der Waals surface area contributed by atoms with E-state index in [1.165, 1.54) is 6.07 Å². The third kappa shape index (κ3) is 3.40. The Hall–Kier alpha value is -1.24. The molecule has 0 aliphatic heterocycles. The first kappa shape index (κ1) is 14.2. The molecule has 1 aromatic carbocycles. The van der Waals surface area contributed by atoms with Gasteiger partial charge >= 0.3 is 0 Å². The van der Waals surface area contributed by atoms with Crippen molar-refractivity contribution in [2.45, 2.75) is 20.3 Å². The molecule has 3 nitrogen and oxygen atoms in total. The fraction of sp³-hybridized carbons (Fsp3) is 0.286. The Morgan fingerprint density at radius 3 is 2.84 bits per heavy atom.